The van der Waals surface area contributed by atoms with E-state index in [9.17, 15) is 9.18 Å². The lowest BCUT2D eigenvalue weighted by molar-refractivity contribution is -0.155. The Morgan fingerprint density at radius 3 is 2.61 bits per heavy atom. The third kappa shape index (κ3) is 3.72. The Morgan fingerprint density at radius 1 is 1.22 bits per heavy atom. The number of carbonyl (C=O) groups is 1. The minimum absolute atomic E-state index is 0.208. The van der Waals surface area contributed by atoms with Crippen molar-refractivity contribution in [1.29, 1.82) is 0 Å². The van der Waals surface area contributed by atoms with Crippen LogP contribution in [0.25, 0.3) is 0 Å². The van der Waals surface area contributed by atoms with E-state index in [4.69, 9.17) is 14.2 Å². The van der Waals surface area contributed by atoms with Gasteiger partial charge >= 0.3 is 5.97 Å². The lowest BCUT2D eigenvalue weighted by Gasteiger charge is -2.35. The van der Waals surface area contributed by atoms with E-state index in [1.165, 1.54) is 12.1 Å². The summed E-state index contributed by atoms with van der Waals surface area (Å²) in [6, 6.07) is 6.16. The molecule has 0 bridgehead atoms. The zero-order valence-electron chi connectivity index (χ0n) is 13.3. The van der Waals surface area contributed by atoms with Crippen LogP contribution in [0.3, 0.4) is 0 Å². The molecule has 1 unspecified atom stereocenters. The molecule has 0 aromatic heterocycles. The van der Waals surface area contributed by atoms with Crippen LogP contribution in [-0.4, -0.2) is 38.5 Å². The molecule has 0 amide bonds. The highest BCUT2D eigenvalue weighted by molar-refractivity contribution is 5.83. The minimum atomic E-state index is -0.720. The van der Waals surface area contributed by atoms with Crippen LogP contribution in [0.15, 0.2) is 24.3 Å². The maximum atomic E-state index is 13.2. The largest absolute Gasteiger partial charge is 0.465 e. The number of esters is 1. The summed E-state index contributed by atoms with van der Waals surface area (Å²) in [5, 5.41) is 0. The van der Waals surface area contributed by atoms with Crippen LogP contribution in [0.2, 0.25) is 0 Å². The molecule has 0 N–H and O–H groups in total. The standard InChI is InChI=1S/C18H23FO4/c19-15-5-3-14(4-6-15)18(8-12-21-13-9-18)17(20)23-11-7-16-2-1-10-22-16/h3-6,16H,1-2,7-13H2. The summed E-state index contributed by atoms with van der Waals surface area (Å²) in [5.41, 5.74) is 0.0898. The van der Waals surface area contributed by atoms with E-state index in [0.29, 0.717) is 32.7 Å². The predicted molar refractivity (Wildman–Crippen MR) is 82.7 cm³/mol. The average Bonchev–Trinajstić information content (AvgIpc) is 3.09. The fourth-order valence-electron chi connectivity index (χ4n) is 3.39. The molecule has 0 radical (unpaired) electrons. The third-order valence-corrected chi connectivity index (χ3v) is 4.83. The topological polar surface area (TPSA) is 44.8 Å². The quantitative estimate of drug-likeness (QED) is 0.782. The van der Waals surface area contributed by atoms with Gasteiger partial charge in [-0.1, -0.05) is 12.1 Å². The summed E-state index contributed by atoms with van der Waals surface area (Å²) in [6.07, 6.45) is 4.19. The van der Waals surface area contributed by atoms with E-state index >= 15 is 0 Å². The van der Waals surface area contributed by atoms with Gasteiger partial charge in [0.15, 0.2) is 0 Å². The second kappa shape index (κ2) is 7.41. The summed E-state index contributed by atoms with van der Waals surface area (Å²) < 4.78 is 29.7. The van der Waals surface area contributed by atoms with E-state index < -0.39 is 5.41 Å². The first kappa shape index (κ1) is 16.4. The van der Waals surface area contributed by atoms with Crippen molar-refractivity contribution in [2.24, 2.45) is 0 Å². The van der Waals surface area contributed by atoms with Crippen LogP contribution in [-0.2, 0) is 24.4 Å². The van der Waals surface area contributed by atoms with Gasteiger partial charge in [0.2, 0.25) is 0 Å². The molecular formula is C18H23FO4. The molecule has 0 spiro atoms. The first-order chi connectivity index (χ1) is 11.2. The molecule has 3 rings (SSSR count). The van der Waals surface area contributed by atoms with Crippen molar-refractivity contribution in [3.8, 4) is 0 Å². The number of carbonyl (C=O) groups excluding carboxylic acids is 1. The fraction of sp³-hybridized carbons (Fsp3) is 0.611. The van der Waals surface area contributed by atoms with Crippen molar-refractivity contribution in [3.05, 3.63) is 35.6 Å². The molecular weight excluding hydrogens is 299 g/mol. The van der Waals surface area contributed by atoms with Gasteiger partial charge in [-0.3, -0.25) is 4.79 Å². The second-order valence-electron chi connectivity index (χ2n) is 6.26. The summed E-state index contributed by atoms with van der Waals surface area (Å²) in [6.45, 7) is 2.19. The highest BCUT2D eigenvalue weighted by Gasteiger charge is 2.43. The van der Waals surface area contributed by atoms with Gasteiger partial charge in [-0.15, -0.1) is 0 Å². The molecule has 4 nitrogen and oxygen atoms in total. The van der Waals surface area contributed by atoms with E-state index in [-0.39, 0.29) is 17.9 Å². The summed E-state index contributed by atoms with van der Waals surface area (Å²) in [7, 11) is 0. The molecule has 0 saturated carbocycles. The van der Waals surface area contributed by atoms with Crippen molar-refractivity contribution < 1.29 is 23.4 Å². The number of halogens is 1. The minimum Gasteiger partial charge on any atom is -0.465 e. The molecule has 2 heterocycles. The SMILES string of the molecule is O=C(OCCC1CCCO1)C1(c2ccc(F)cc2)CCOCC1. The average molecular weight is 322 g/mol. The van der Waals surface area contributed by atoms with Crippen molar-refractivity contribution in [3.63, 3.8) is 0 Å². The molecule has 1 aromatic carbocycles. The van der Waals surface area contributed by atoms with Gasteiger partial charge < -0.3 is 14.2 Å². The first-order valence-corrected chi connectivity index (χ1v) is 8.33. The predicted octanol–water partition coefficient (Wildman–Crippen LogP) is 2.99. The van der Waals surface area contributed by atoms with E-state index in [0.717, 1.165) is 31.4 Å². The molecule has 1 atom stereocenters. The van der Waals surface area contributed by atoms with E-state index in [1.807, 2.05) is 0 Å². The van der Waals surface area contributed by atoms with Gasteiger partial charge in [0.25, 0.3) is 0 Å². The van der Waals surface area contributed by atoms with E-state index in [2.05, 4.69) is 0 Å². The van der Waals surface area contributed by atoms with E-state index in [1.54, 1.807) is 12.1 Å². The normalized spacial score (nSPS) is 23.6. The molecule has 2 aliphatic rings. The van der Waals surface area contributed by atoms with Gasteiger partial charge in [0, 0.05) is 26.2 Å². The molecule has 126 valence electrons. The molecule has 23 heavy (non-hydrogen) atoms. The maximum absolute atomic E-state index is 13.2. The van der Waals surface area contributed by atoms with Gasteiger partial charge in [0.1, 0.15) is 5.82 Å². The van der Waals surface area contributed by atoms with Crippen LogP contribution in [0.1, 0.15) is 37.7 Å². The Hall–Kier alpha value is -1.46. The zero-order valence-corrected chi connectivity index (χ0v) is 13.3. The fourth-order valence-corrected chi connectivity index (χ4v) is 3.39. The summed E-state index contributed by atoms with van der Waals surface area (Å²) >= 11 is 0. The lowest BCUT2D eigenvalue weighted by Crippen LogP contribution is -2.42. The molecule has 2 aliphatic heterocycles. The van der Waals surface area contributed by atoms with Gasteiger partial charge in [-0.25, -0.2) is 4.39 Å². The Morgan fingerprint density at radius 2 is 1.96 bits per heavy atom. The van der Waals surface area contributed by atoms with Crippen LogP contribution >= 0.6 is 0 Å². The number of hydrogen-bond donors (Lipinski definition) is 0. The maximum Gasteiger partial charge on any atom is 0.316 e. The van der Waals surface area contributed by atoms with Crippen molar-refractivity contribution in [1.82, 2.24) is 0 Å². The smallest absolute Gasteiger partial charge is 0.316 e. The van der Waals surface area contributed by atoms with Crippen LogP contribution < -0.4 is 0 Å². The van der Waals surface area contributed by atoms with Crippen molar-refractivity contribution in [2.75, 3.05) is 26.4 Å². The van der Waals surface area contributed by atoms with Gasteiger partial charge in [-0.05, 0) is 43.4 Å². The lowest BCUT2D eigenvalue weighted by atomic mass is 9.74. The monoisotopic (exact) mass is 322 g/mol. The number of hydrogen-bond acceptors (Lipinski definition) is 4. The molecule has 1 aromatic rings. The third-order valence-electron chi connectivity index (χ3n) is 4.83. The zero-order chi connectivity index (χ0) is 16.1. The Labute approximate surface area is 135 Å². The summed E-state index contributed by atoms with van der Waals surface area (Å²) in [5.74, 6) is -0.534. The molecule has 0 aliphatic carbocycles. The van der Waals surface area contributed by atoms with Gasteiger partial charge in [-0.2, -0.15) is 0 Å². The number of rotatable bonds is 5. The van der Waals surface area contributed by atoms with Crippen molar-refractivity contribution >= 4 is 5.97 Å². The summed E-state index contributed by atoms with van der Waals surface area (Å²) in [4.78, 5) is 12.8. The van der Waals surface area contributed by atoms with Crippen molar-refractivity contribution in [2.45, 2.75) is 43.6 Å². The highest BCUT2D eigenvalue weighted by atomic mass is 19.1. The van der Waals surface area contributed by atoms with Crippen LogP contribution in [0.4, 0.5) is 4.39 Å². The molecule has 2 fully saturated rings. The molecule has 2 saturated heterocycles. The van der Waals surface area contributed by atoms with Crippen LogP contribution in [0, 0.1) is 5.82 Å². The Bertz CT molecular complexity index is 516. The second-order valence-corrected chi connectivity index (χ2v) is 6.26. The van der Waals surface area contributed by atoms with Gasteiger partial charge in [0.05, 0.1) is 18.1 Å². The first-order valence-electron chi connectivity index (χ1n) is 8.33. The highest BCUT2D eigenvalue weighted by Crippen LogP contribution is 2.36. The Kier molecular flexibility index (Phi) is 5.28. The van der Waals surface area contributed by atoms with Crippen LogP contribution in [0.5, 0.6) is 0 Å². The molecule has 5 heteroatoms. The Balaban J connectivity index is 1.67. The number of benzene rings is 1. The number of ether oxygens (including phenoxy) is 3.